The fourth-order valence-corrected chi connectivity index (χ4v) is 4.00. The zero-order chi connectivity index (χ0) is 27.1. The van der Waals surface area contributed by atoms with E-state index in [1.165, 1.54) is 11.8 Å². The van der Waals surface area contributed by atoms with Gasteiger partial charge in [0, 0.05) is 18.7 Å². The lowest BCUT2D eigenvalue weighted by Crippen LogP contribution is -2.51. The Morgan fingerprint density at radius 2 is 1.62 bits per heavy atom. The van der Waals surface area contributed by atoms with Crippen LogP contribution in [0.2, 0.25) is 0 Å². The summed E-state index contributed by atoms with van der Waals surface area (Å²) in [6.07, 6.45) is 1.39. The third-order valence-corrected chi connectivity index (χ3v) is 7.16. The molecular formula is C27H34N2O7S. The van der Waals surface area contributed by atoms with Crippen molar-refractivity contribution in [3.05, 3.63) is 84.4 Å². The van der Waals surface area contributed by atoms with Crippen molar-refractivity contribution in [1.29, 1.82) is 0 Å². The Balaban J connectivity index is 2.10. The van der Waals surface area contributed by atoms with Crippen molar-refractivity contribution in [3.63, 3.8) is 0 Å². The molecule has 1 N–H and O–H groups in total. The van der Waals surface area contributed by atoms with Gasteiger partial charge in [0.25, 0.3) is 0 Å². The van der Waals surface area contributed by atoms with E-state index in [9.17, 15) is 22.8 Å². The number of hydrogen-bond donors (Lipinski definition) is 1. The van der Waals surface area contributed by atoms with Gasteiger partial charge in [-0.1, -0.05) is 73.7 Å². The average molecular weight is 531 g/mol. The Hall–Kier alpha value is -3.66. The second-order valence-corrected chi connectivity index (χ2v) is 10.7. The number of carbonyl (C=O) groups is 3. The van der Waals surface area contributed by atoms with E-state index in [1.54, 1.807) is 18.2 Å². The minimum absolute atomic E-state index is 0.0463. The van der Waals surface area contributed by atoms with Crippen LogP contribution >= 0.6 is 0 Å². The molecule has 0 fully saturated rings. The molecule has 0 saturated carbocycles. The summed E-state index contributed by atoms with van der Waals surface area (Å²) in [4.78, 5) is 39.7. The van der Waals surface area contributed by atoms with E-state index < -0.39 is 40.4 Å². The molecule has 1 atom stereocenters. The van der Waals surface area contributed by atoms with Crippen LogP contribution in [0.1, 0.15) is 24.5 Å². The first-order valence-corrected chi connectivity index (χ1v) is 13.8. The fourth-order valence-electron chi connectivity index (χ4n) is 3.38. The maximum absolute atomic E-state index is 13.2. The number of alkyl carbamates (subject to hydrolysis) is 1. The molecule has 0 bridgehead atoms. The largest absolute Gasteiger partial charge is 0.463 e. The number of amides is 2. The van der Waals surface area contributed by atoms with E-state index in [0.29, 0.717) is 6.42 Å². The molecule has 2 rings (SSSR count). The Labute approximate surface area is 218 Å². The summed E-state index contributed by atoms with van der Waals surface area (Å²) in [5.74, 6) is -1.60. The van der Waals surface area contributed by atoms with Gasteiger partial charge in [-0.3, -0.25) is 4.79 Å². The number of esters is 1. The molecule has 0 aromatic heterocycles. The second kappa shape index (κ2) is 15.5. The van der Waals surface area contributed by atoms with Crippen molar-refractivity contribution >= 4 is 27.8 Å². The molecule has 37 heavy (non-hydrogen) atoms. The van der Waals surface area contributed by atoms with E-state index in [-0.39, 0.29) is 37.7 Å². The first kappa shape index (κ1) is 29.6. The van der Waals surface area contributed by atoms with E-state index >= 15 is 0 Å². The number of benzene rings is 2. The maximum atomic E-state index is 13.2. The van der Waals surface area contributed by atoms with E-state index in [0.717, 1.165) is 11.1 Å². The summed E-state index contributed by atoms with van der Waals surface area (Å²) in [6, 6.07) is 17.2. The molecule has 0 aliphatic rings. The van der Waals surface area contributed by atoms with E-state index in [1.807, 2.05) is 48.5 Å². The zero-order valence-corrected chi connectivity index (χ0v) is 21.8. The van der Waals surface area contributed by atoms with E-state index in [2.05, 4.69) is 11.9 Å². The Morgan fingerprint density at radius 3 is 2.22 bits per heavy atom. The fraction of sp³-hybridized carbons (Fsp3) is 0.370. The normalized spacial score (nSPS) is 11.7. The van der Waals surface area contributed by atoms with Crippen molar-refractivity contribution in [2.75, 3.05) is 31.2 Å². The minimum Gasteiger partial charge on any atom is -0.463 e. The van der Waals surface area contributed by atoms with Crippen molar-refractivity contribution in [1.82, 2.24) is 10.2 Å². The van der Waals surface area contributed by atoms with Crippen molar-refractivity contribution < 1.29 is 32.3 Å². The number of nitrogens with zero attached hydrogens (tertiary/aromatic N) is 1. The third-order valence-electron chi connectivity index (χ3n) is 5.49. The number of hydrogen-bond acceptors (Lipinski definition) is 7. The van der Waals surface area contributed by atoms with Gasteiger partial charge < -0.3 is 19.7 Å². The van der Waals surface area contributed by atoms with Crippen LogP contribution < -0.4 is 5.32 Å². The molecule has 0 aliphatic heterocycles. The quantitative estimate of drug-likeness (QED) is 0.278. The van der Waals surface area contributed by atoms with Crippen LogP contribution in [0.3, 0.4) is 0 Å². The predicted octanol–water partition coefficient (Wildman–Crippen LogP) is 2.91. The molecule has 0 heterocycles. The molecule has 9 nitrogen and oxygen atoms in total. The summed E-state index contributed by atoms with van der Waals surface area (Å²) < 4.78 is 34.0. The van der Waals surface area contributed by atoms with Gasteiger partial charge in [-0.25, -0.2) is 18.0 Å². The van der Waals surface area contributed by atoms with Gasteiger partial charge in [-0.15, -0.1) is 6.58 Å². The minimum atomic E-state index is -3.33. The van der Waals surface area contributed by atoms with Crippen LogP contribution in [0.5, 0.6) is 0 Å². The molecule has 0 aliphatic carbocycles. The number of rotatable bonds is 15. The summed E-state index contributed by atoms with van der Waals surface area (Å²) in [5.41, 5.74) is 1.59. The smallest absolute Gasteiger partial charge is 0.407 e. The molecule has 200 valence electrons. The third kappa shape index (κ3) is 10.9. The monoisotopic (exact) mass is 530 g/mol. The second-order valence-electron chi connectivity index (χ2n) is 8.19. The standard InChI is InChI=1S/C27H34N2O7S/c1-3-5-16-29(25(30)20-28-27(32)36-21-23-14-10-7-11-15-23)24(19-22-12-8-6-9-13-22)26(31)35-17-18-37(33,34)4-2/h3,6-15,24H,1,4-5,16-21H2,2H3,(H,28,32). The van der Waals surface area contributed by atoms with Gasteiger partial charge in [-0.05, 0) is 17.5 Å². The van der Waals surface area contributed by atoms with Crippen LogP contribution in [0, 0.1) is 0 Å². The van der Waals surface area contributed by atoms with Crippen LogP contribution in [-0.4, -0.2) is 68.5 Å². The van der Waals surface area contributed by atoms with E-state index in [4.69, 9.17) is 9.47 Å². The molecular weight excluding hydrogens is 496 g/mol. The summed E-state index contributed by atoms with van der Waals surface area (Å²) >= 11 is 0. The van der Waals surface area contributed by atoms with Crippen LogP contribution in [0.25, 0.3) is 0 Å². The lowest BCUT2D eigenvalue weighted by Gasteiger charge is -2.30. The highest BCUT2D eigenvalue weighted by atomic mass is 32.2. The number of nitrogens with one attached hydrogen (secondary N) is 1. The van der Waals surface area contributed by atoms with Crippen molar-refractivity contribution in [3.8, 4) is 0 Å². The highest BCUT2D eigenvalue weighted by Crippen LogP contribution is 2.13. The first-order chi connectivity index (χ1) is 17.8. The SMILES string of the molecule is C=CCCN(C(=O)CNC(=O)OCc1ccccc1)C(Cc1ccccc1)C(=O)OCCS(=O)(=O)CC. The topological polar surface area (TPSA) is 119 Å². The summed E-state index contributed by atoms with van der Waals surface area (Å²) in [5, 5.41) is 2.43. The van der Waals surface area contributed by atoms with Crippen molar-refractivity contribution in [2.24, 2.45) is 0 Å². The molecule has 2 aromatic carbocycles. The van der Waals surface area contributed by atoms with Crippen LogP contribution in [-0.2, 0) is 41.9 Å². The molecule has 2 aromatic rings. The van der Waals surface area contributed by atoms with Crippen LogP contribution in [0.4, 0.5) is 4.79 Å². The van der Waals surface area contributed by atoms with Gasteiger partial charge >= 0.3 is 12.1 Å². The van der Waals surface area contributed by atoms with Gasteiger partial charge in [0.05, 0.1) is 5.75 Å². The van der Waals surface area contributed by atoms with Crippen molar-refractivity contribution in [2.45, 2.75) is 32.4 Å². The van der Waals surface area contributed by atoms with Gasteiger partial charge in [0.2, 0.25) is 5.91 Å². The predicted molar refractivity (Wildman–Crippen MR) is 140 cm³/mol. The number of sulfone groups is 1. The molecule has 0 saturated heterocycles. The molecule has 1 unspecified atom stereocenters. The highest BCUT2D eigenvalue weighted by molar-refractivity contribution is 7.91. The Kier molecular flexibility index (Phi) is 12.3. The maximum Gasteiger partial charge on any atom is 0.407 e. The van der Waals surface area contributed by atoms with Gasteiger partial charge in [0.1, 0.15) is 25.8 Å². The Morgan fingerprint density at radius 1 is 1.00 bits per heavy atom. The van der Waals surface area contributed by atoms with Crippen LogP contribution in [0.15, 0.2) is 73.3 Å². The lowest BCUT2D eigenvalue weighted by atomic mass is 10.0. The lowest BCUT2D eigenvalue weighted by molar-refractivity contribution is -0.154. The average Bonchev–Trinajstić information content (AvgIpc) is 2.91. The van der Waals surface area contributed by atoms with Gasteiger partial charge in [0.15, 0.2) is 9.84 Å². The molecule has 0 spiro atoms. The molecule has 2 amide bonds. The number of carbonyl (C=O) groups excluding carboxylic acids is 3. The Bertz CT molecular complexity index is 1120. The number of ether oxygens (including phenoxy) is 2. The van der Waals surface area contributed by atoms with Gasteiger partial charge in [-0.2, -0.15) is 0 Å². The molecule has 0 radical (unpaired) electrons. The zero-order valence-electron chi connectivity index (χ0n) is 21.0. The summed E-state index contributed by atoms with van der Waals surface area (Å²) in [6.45, 7) is 4.69. The first-order valence-electron chi connectivity index (χ1n) is 12.0. The summed E-state index contributed by atoms with van der Waals surface area (Å²) in [7, 11) is -3.33. The highest BCUT2D eigenvalue weighted by Gasteiger charge is 2.31. The molecule has 10 heteroatoms.